The first kappa shape index (κ1) is 54.1. The molecule has 83 heavy (non-hydrogen) atoms. The molecule has 0 radical (unpaired) electrons. The number of halogens is 4. The third kappa shape index (κ3) is 10.5. The maximum absolute atomic E-state index is 14.4. The van der Waals surface area contributed by atoms with Crippen molar-refractivity contribution in [2.75, 3.05) is 114 Å². The molecule has 0 N–H and O–H groups in total. The van der Waals surface area contributed by atoms with E-state index in [-0.39, 0.29) is 60.3 Å². The predicted molar refractivity (Wildman–Crippen MR) is 293 cm³/mol. The van der Waals surface area contributed by atoms with E-state index in [1.165, 1.54) is 20.3 Å². The molecule has 0 saturated carbocycles. The van der Waals surface area contributed by atoms with Gasteiger partial charge in [-0.1, -0.05) is 0 Å². The van der Waals surface area contributed by atoms with Crippen LogP contribution in [0.1, 0.15) is 54.0 Å². The van der Waals surface area contributed by atoms with E-state index in [9.17, 15) is 31.9 Å². The SMILES string of the molecule is COc1cc(-[n+]2ccc(C(=O)N3CCN(c4cncc(F)c4OC)CC3)c3oc(C)cc32)ncc1N1CCN(C(=O)c2cc(CCOc3ccncc3N3CCN(C(=O)c4ccnc5cc(C)oc45)CC3)nc3cc(C(F)(F)F)oc23)CC1. The molecular weight excluding hydrogens is 1080 g/mol. The van der Waals surface area contributed by atoms with Crippen LogP contribution in [-0.2, 0) is 12.6 Å². The van der Waals surface area contributed by atoms with Gasteiger partial charge in [0, 0.05) is 127 Å². The zero-order chi connectivity index (χ0) is 57.7. The second kappa shape index (κ2) is 22.1. The lowest BCUT2D eigenvalue weighted by molar-refractivity contribution is -0.571. The summed E-state index contributed by atoms with van der Waals surface area (Å²) in [6.07, 6.45) is 6.24. The van der Waals surface area contributed by atoms with Crippen molar-refractivity contribution in [1.29, 1.82) is 0 Å². The van der Waals surface area contributed by atoms with Gasteiger partial charge in [0.25, 0.3) is 17.7 Å². The Balaban J connectivity index is 0.704. The Kier molecular flexibility index (Phi) is 14.4. The van der Waals surface area contributed by atoms with Crippen LogP contribution < -0.4 is 33.5 Å². The van der Waals surface area contributed by atoms with Crippen molar-refractivity contribution in [3.05, 3.63) is 137 Å². The second-order valence-electron chi connectivity index (χ2n) is 20.3. The summed E-state index contributed by atoms with van der Waals surface area (Å²) in [6, 6.07) is 12.7. The molecule has 25 heteroatoms. The second-order valence-corrected chi connectivity index (χ2v) is 20.3. The minimum Gasteiger partial charge on any atom is -0.494 e. The average Bonchev–Trinajstić information content (AvgIpc) is 4.47. The highest BCUT2D eigenvalue weighted by atomic mass is 19.4. The highest BCUT2D eigenvalue weighted by molar-refractivity contribution is 6.06. The number of anilines is 3. The van der Waals surface area contributed by atoms with Gasteiger partial charge < -0.3 is 56.9 Å². The van der Waals surface area contributed by atoms with Gasteiger partial charge in [0.1, 0.15) is 39.7 Å². The van der Waals surface area contributed by atoms with Crippen LogP contribution in [0.3, 0.4) is 0 Å². The van der Waals surface area contributed by atoms with Crippen LogP contribution in [-0.4, -0.2) is 157 Å². The van der Waals surface area contributed by atoms with Crippen molar-refractivity contribution < 1.29 is 64.0 Å². The molecule has 12 rings (SSSR count). The Morgan fingerprint density at radius 1 is 0.602 bits per heavy atom. The molecule has 3 fully saturated rings. The van der Waals surface area contributed by atoms with Gasteiger partial charge in [-0.2, -0.15) is 17.7 Å². The quantitative estimate of drug-likeness (QED) is 0.0810. The molecule has 3 aliphatic heterocycles. The zero-order valence-corrected chi connectivity index (χ0v) is 45.6. The Hall–Kier alpha value is -9.55. The number of piperazine rings is 3. The number of hydrogen-bond donors (Lipinski definition) is 0. The summed E-state index contributed by atoms with van der Waals surface area (Å²) < 4.78 is 93.3. The number of aromatic nitrogens is 6. The van der Waals surface area contributed by atoms with Gasteiger partial charge in [-0.25, -0.2) is 9.37 Å². The van der Waals surface area contributed by atoms with Gasteiger partial charge in [0.05, 0.1) is 74.1 Å². The number of nitrogens with zero attached hydrogens (tertiary/aromatic N) is 12. The van der Waals surface area contributed by atoms with Crippen LogP contribution in [0.2, 0.25) is 0 Å². The van der Waals surface area contributed by atoms with E-state index in [4.69, 9.17) is 32.4 Å². The lowest BCUT2D eigenvalue weighted by atomic mass is 10.1. The molecule has 428 valence electrons. The van der Waals surface area contributed by atoms with Crippen molar-refractivity contribution >= 4 is 68.1 Å². The maximum Gasteiger partial charge on any atom is 0.449 e. The van der Waals surface area contributed by atoms with E-state index in [0.717, 1.165) is 12.3 Å². The van der Waals surface area contributed by atoms with Crippen molar-refractivity contribution in [3.8, 4) is 23.1 Å². The lowest BCUT2D eigenvalue weighted by Crippen LogP contribution is -2.49. The highest BCUT2D eigenvalue weighted by Gasteiger charge is 2.38. The first-order valence-corrected chi connectivity index (χ1v) is 26.9. The molecule has 0 spiro atoms. The number of furan rings is 3. The summed E-state index contributed by atoms with van der Waals surface area (Å²) in [7, 11) is 2.94. The van der Waals surface area contributed by atoms with Crippen LogP contribution in [0.5, 0.6) is 17.2 Å². The van der Waals surface area contributed by atoms with Gasteiger partial charge in [0.2, 0.25) is 5.76 Å². The highest BCUT2D eigenvalue weighted by Crippen LogP contribution is 2.37. The van der Waals surface area contributed by atoms with E-state index in [2.05, 4.69) is 24.8 Å². The van der Waals surface area contributed by atoms with Crippen LogP contribution in [0.25, 0.3) is 39.1 Å². The predicted octanol–water partition coefficient (Wildman–Crippen LogP) is 7.48. The standard InChI is InChI=1S/C58H55F4N12O9/c1-34-25-41-51(81-34)37(5-10-65-41)55(75)71-18-12-68(13-19-71)44-31-63-9-6-47(44)80-24-8-36-27-39(52-42(67-36)28-49(83-52)58(60,61)62)57(77)73-20-14-69(15-21-73)45-33-66-50(29-48(45)78-3)74-11-7-38(53-43(74)26-35(2)82-53)56(76)72-22-16-70(17-23-72)46-32-64-30-40(59)54(46)79-4/h5-7,9-11,25-33H,8,12-24H2,1-4H3/q+1. The number of ether oxygens (including phenoxy) is 3. The molecule has 0 unspecified atom stereocenters. The molecule has 0 atom stereocenters. The molecule has 0 aromatic carbocycles. The number of carbonyl (C=O) groups is 3. The van der Waals surface area contributed by atoms with Gasteiger partial charge in [0.15, 0.2) is 45.8 Å². The summed E-state index contributed by atoms with van der Waals surface area (Å²) in [6.45, 7) is 8.15. The zero-order valence-electron chi connectivity index (χ0n) is 45.6. The number of pyridine rings is 6. The Morgan fingerprint density at radius 3 is 1.87 bits per heavy atom. The lowest BCUT2D eigenvalue weighted by Gasteiger charge is -2.36. The van der Waals surface area contributed by atoms with Gasteiger partial charge in [-0.05, 0) is 37.0 Å². The Morgan fingerprint density at radius 2 is 1.20 bits per heavy atom. The molecule has 0 aliphatic carbocycles. The van der Waals surface area contributed by atoms with Gasteiger partial charge in [-0.15, -0.1) is 0 Å². The van der Waals surface area contributed by atoms with Crippen LogP contribution >= 0.6 is 0 Å². The summed E-state index contributed by atoms with van der Waals surface area (Å²) in [4.78, 5) is 75.2. The van der Waals surface area contributed by atoms with Crippen molar-refractivity contribution in [2.45, 2.75) is 26.4 Å². The van der Waals surface area contributed by atoms with E-state index in [1.807, 2.05) is 22.8 Å². The van der Waals surface area contributed by atoms with E-state index in [0.29, 0.717) is 150 Å². The number of fused-ring (bicyclic) bond motifs is 3. The van der Waals surface area contributed by atoms with Gasteiger partial charge in [-0.3, -0.25) is 29.3 Å². The third-order valence-electron chi connectivity index (χ3n) is 15.2. The number of alkyl halides is 3. The Labute approximate surface area is 471 Å². The number of amides is 3. The fraction of sp³-hybridized carbons (Fsp3) is 0.328. The van der Waals surface area contributed by atoms with Crippen LogP contribution in [0, 0.1) is 19.7 Å². The minimum absolute atomic E-state index is 0.0583. The van der Waals surface area contributed by atoms with Crippen molar-refractivity contribution in [2.24, 2.45) is 0 Å². The summed E-state index contributed by atoms with van der Waals surface area (Å²) in [5, 5.41) is 0. The number of carbonyl (C=O) groups excluding carboxylic acids is 3. The van der Waals surface area contributed by atoms with Crippen LogP contribution in [0.15, 0.2) is 105 Å². The number of methoxy groups -OCH3 is 2. The smallest absolute Gasteiger partial charge is 0.449 e. The molecule has 3 aliphatic rings. The van der Waals surface area contributed by atoms with E-state index >= 15 is 0 Å². The fourth-order valence-corrected chi connectivity index (χ4v) is 11.0. The first-order valence-electron chi connectivity index (χ1n) is 26.9. The fourth-order valence-electron chi connectivity index (χ4n) is 11.0. The van der Waals surface area contributed by atoms with Crippen molar-refractivity contribution in [3.63, 3.8) is 0 Å². The molecular formula is C58H55F4N12O9+. The van der Waals surface area contributed by atoms with Gasteiger partial charge >= 0.3 is 12.0 Å². The summed E-state index contributed by atoms with van der Waals surface area (Å²) in [5.41, 5.74) is 4.62. The third-order valence-corrected chi connectivity index (χ3v) is 15.2. The first-order chi connectivity index (χ1) is 40.1. The molecule has 9 aromatic heterocycles. The number of rotatable bonds is 13. The molecule has 3 saturated heterocycles. The molecule has 12 heterocycles. The topological polar surface area (TPSA) is 206 Å². The van der Waals surface area contributed by atoms with Crippen molar-refractivity contribution in [1.82, 2.24) is 39.6 Å². The average molecular weight is 1140 g/mol. The minimum atomic E-state index is -4.83. The molecule has 0 bridgehead atoms. The maximum atomic E-state index is 14.4. The van der Waals surface area contributed by atoms with E-state index < -0.39 is 23.7 Å². The Bertz CT molecular complexity index is 3960. The monoisotopic (exact) mass is 1140 g/mol. The van der Waals surface area contributed by atoms with Crippen LogP contribution in [0.4, 0.5) is 34.6 Å². The molecule has 3 amide bonds. The largest absolute Gasteiger partial charge is 0.494 e. The summed E-state index contributed by atoms with van der Waals surface area (Å²) >= 11 is 0. The molecule has 21 nitrogen and oxygen atoms in total. The number of hydrogen-bond acceptors (Lipinski definition) is 17. The summed E-state index contributed by atoms with van der Waals surface area (Å²) in [5.74, 6) is 0.0788. The normalized spacial score (nSPS) is 15.2. The molecule has 9 aromatic rings. The van der Waals surface area contributed by atoms with E-state index in [1.54, 1.807) is 93.7 Å². The number of aryl methyl sites for hydroxylation is 2.